The quantitative estimate of drug-likeness (QED) is 0.737. The second-order valence-electron chi connectivity index (χ2n) is 5.88. The third-order valence-electron chi connectivity index (χ3n) is 2.77. The van der Waals surface area contributed by atoms with Crippen molar-refractivity contribution >= 4 is 6.09 Å². The van der Waals surface area contributed by atoms with Gasteiger partial charge in [-0.25, -0.2) is 4.79 Å². The first kappa shape index (κ1) is 17.2. The smallest absolute Gasteiger partial charge is 0.407 e. The fraction of sp³-hybridized carbons (Fsp3) is 0.929. The van der Waals surface area contributed by atoms with E-state index in [0.29, 0.717) is 0 Å². The van der Waals surface area contributed by atoms with E-state index in [2.05, 4.69) is 19.2 Å². The summed E-state index contributed by atoms with van der Waals surface area (Å²) in [5, 5.41) is 2.94. The summed E-state index contributed by atoms with van der Waals surface area (Å²) in [7, 11) is 0. The first-order valence-electron chi connectivity index (χ1n) is 7.03. The summed E-state index contributed by atoms with van der Waals surface area (Å²) in [5.74, 6) is 0. The predicted octanol–water partition coefficient (Wildman–Crippen LogP) is 3.20. The second kappa shape index (κ2) is 8.35. The zero-order chi connectivity index (χ0) is 14.2. The van der Waals surface area contributed by atoms with Gasteiger partial charge in [-0.3, -0.25) is 0 Å². The van der Waals surface area contributed by atoms with Crippen LogP contribution < -0.4 is 11.1 Å². The molecule has 0 radical (unpaired) electrons. The summed E-state index contributed by atoms with van der Waals surface area (Å²) in [5.41, 5.74) is 5.46. The highest BCUT2D eigenvalue weighted by atomic mass is 16.6. The van der Waals surface area contributed by atoms with Crippen LogP contribution in [0.4, 0.5) is 4.79 Å². The minimum atomic E-state index is -0.444. The SMILES string of the molecule is CCCC(CCC(N)CC)NC(=O)OC(C)(C)C. The van der Waals surface area contributed by atoms with Crippen molar-refractivity contribution in [1.82, 2.24) is 5.32 Å². The van der Waals surface area contributed by atoms with E-state index in [-0.39, 0.29) is 18.2 Å². The van der Waals surface area contributed by atoms with Crippen molar-refractivity contribution in [3.63, 3.8) is 0 Å². The van der Waals surface area contributed by atoms with Crippen molar-refractivity contribution in [3.05, 3.63) is 0 Å². The van der Waals surface area contributed by atoms with Crippen molar-refractivity contribution in [2.45, 2.75) is 84.4 Å². The number of carbonyl (C=O) groups excluding carboxylic acids is 1. The molecule has 0 aromatic rings. The first-order chi connectivity index (χ1) is 8.28. The summed E-state index contributed by atoms with van der Waals surface area (Å²) in [6.45, 7) is 9.81. The standard InChI is InChI=1S/C14H30N2O2/c1-6-8-12(10-9-11(15)7-2)16-13(17)18-14(3,4)5/h11-12H,6-10,15H2,1-5H3,(H,16,17). The highest BCUT2D eigenvalue weighted by Gasteiger charge is 2.19. The van der Waals surface area contributed by atoms with Gasteiger partial charge in [0.2, 0.25) is 0 Å². The van der Waals surface area contributed by atoms with Gasteiger partial charge < -0.3 is 15.8 Å². The third-order valence-corrected chi connectivity index (χ3v) is 2.77. The van der Waals surface area contributed by atoms with E-state index in [0.717, 1.165) is 32.1 Å². The molecule has 0 fully saturated rings. The molecular weight excluding hydrogens is 228 g/mol. The van der Waals surface area contributed by atoms with Crippen molar-refractivity contribution in [1.29, 1.82) is 0 Å². The van der Waals surface area contributed by atoms with Crippen molar-refractivity contribution in [2.24, 2.45) is 5.73 Å². The Morgan fingerprint density at radius 2 is 1.83 bits per heavy atom. The second-order valence-corrected chi connectivity index (χ2v) is 5.88. The Morgan fingerprint density at radius 1 is 1.22 bits per heavy atom. The maximum atomic E-state index is 11.7. The van der Waals surface area contributed by atoms with Crippen LogP contribution in [-0.2, 0) is 4.74 Å². The van der Waals surface area contributed by atoms with Gasteiger partial charge in [-0.05, 0) is 46.5 Å². The van der Waals surface area contributed by atoms with Crippen molar-refractivity contribution < 1.29 is 9.53 Å². The number of nitrogens with two attached hydrogens (primary N) is 1. The molecule has 1 amide bonds. The van der Waals surface area contributed by atoms with Crippen LogP contribution in [0.15, 0.2) is 0 Å². The van der Waals surface area contributed by atoms with E-state index >= 15 is 0 Å². The zero-order valence-corrected chi connectivity index (χ0v) is 12.6. The van der Waals surface area contributed by atoms with E-state index < -0.39 is 5.60 Å². The van der Waals surface area contributed by atoms with Crippen LogP contribution in [0.5, 0.6) is 0 Å². The summed E-state index contributed by atoms with van der Waals surface area (Å²) >= 11 is 0. The molecule has 2 unspecified atom stereocenters. The molecule has 0 saturated carbocycles. The van der Waals surface area contributed by atoms with Gasteiger partial charge in [0.25, 0.3) is 0 Å². The summed E-state index contributed by atoms with van der Waals surface area (Å²) in [4.78, 5) is 11.7. The number of ether oxygens (including phenoxy) is 1. The molecule has 3 N–H and O–H groups in total. The van der Waals surface area contributed by atoms with Crippen LogP contribution in [0.1, 0.15) is 66.7 Å². The topological polar surface area (TPSA) is 64.3 Å². The van der Waals surface area contributed by atoms with Gasteiger partial charge in [0.05, 0.1) is 0 Å². The molecule has 0 aromatic heterocycles. The normalized spacial score (nSPS) is 15.0. The van der Waals surface area contributed by atoms with Gasteiger partial charge in [-0.1, -0.05) is 20.3 Å². The Balaban J connectivity index is 4.13. The molecule has 0 aliphatic rings. The van der Waals surface area contributed by atoms with Crippen LogP contribution >= 0.6 is 0 Å². The number of hydrogen-bond acceptors (Lipinski definition) is 3. The number of rotatable bonds is 7. The molecule has 0 aromatic carbocycles. The molecule has 18 heavy (non-hydrogen) atoms. The van der Waals surface area contributed by atoms with Crippen LogP contribution in [0.3, 0.4) is 0 Å². The Bertz CT molecular complexity index is 236. The van der Waals surface area contributed by atoms with Crippen LogP contribution in [0, 0.1) is 0 Å². The molecule has 0 aliphatic carbocycles. The van der Waals surface area contributed by atoms with Gasteiger partial charge in [0, 0.05) is 12.1 Å². The minimum absolute atomic E-state index is 0.169. The van der Waals surface area contributed by atoms with Gasteiger partial charge in [0.15, 0.2) is 0 Å². The molecule has 0 aliphatic heterocycles. The molecular formula is C14H30N2O2. The Kier molecular flexibility index (Phi) is 8.00. The van der Waals surface area contributed by atoms with Gasteiger partial charge >= 0.3 is 6.09 Å². The molecule has 0 rings (SSSR count). The van der Waals surface area contributed by atoms with E-state index in [9.17, 15) is 4.79 Å². The Morgan fingerprint density at radius 3 is 2.28 bits per heavy atom. The number of alkyl carbamates (subject to hydrolysis) is 1. The van der Waals surface area contributed by atoms with Crippen molar-refractivity contribution in [2.75, 3.05) is 0 Å². The van der Waals surface area contributed by atoms with Crippen LogP contribution in [0.2, 0.25) is 0 Å². The molecule has 108 valence electrons. The molecule has 0 bridgehead atoms. The highest BCUT2D eigenvalue weighted by molar-refractivity contribution is 5.68. The van der Waals surface area contributed by atoms with Gasteiger partial charge in [-0.15, -0.1) is 0 Å². The first-order valence-corrected chi connectivity index (χ1v) is 7.03. The van der Waals surface area contributed by atoms with E-state index in [4.69, 9.17) is 10.5 Å². The van der Waals surface area contributed by atoms with Gasteiger partial charge in [0.1, 0.15) is 5.60 Å². The van der Waals surface area contributed by atoms with E-state index in [1.165, 1.54) is 0 Å². The Hall–Kier alpha value is -0.770. The number of nitrogens with one attached hydrogen (secondary N) is 1. The monoisotopic (exact) mass is 258 g/mol. The number of hydrogen-bond donors (Lipinski definition) is 2. The van der Waals surface area contributed by atoms with E-state index in [1.807, 2.05) is 20.8 Å². The zero-order valence-electron chi connectivity index (χ0n) is 12.6. The maximum absolute atomic E-state index is 11.7. The molecule has 2 atom stereocenters. The summed E-state index contributed by atoms with van der Waals surface area (Å²) < 4.78 is 5.27. The average molecular weight is 258 g/mol. The minimum Gasteiger partial charge on any atom is -0.444 e. The summed E-state index contributed by atoms with van der Waals surface area (Å²) in [6.07, 6.45) is 4.52. The largest absolute Gasteiger partial charge is 0.444 e. The summed E-state index contributed by atoms with van der Waals surface area (Å²) in [6, 6.07) is 0.396. The molecule has 4 heteroatoms. The highest BCUT2D eigenvalue weighted by Crippen LogP contribution is 2.11. The lowest BCUT2D eigenvalue weighted by atomic mass is 10.0. The fourth-order valence-electron chi connectivity index (χ4n) is 1.73. The lowest BCUT2D eigenvalue weighted by Gasteiger charge is -2.24. The average Bonchev–Trinajstić information content (AvgIpc) is 2.23. The molecule has 4 nitrogen and oxygen atoms in total. The lowest BCUT2D eigenvalue weighted by molar-refractivity contribution is 0.0498. The van der Waals surface area contributed by atoms with Crippen molar-refractivity contribution in [3.8, 4) is 0 Å². The fourth-order valence-corrected chi connectivity index (χ4v) is 1.73. The lowest BCUT2D eigenvalue weighted by Crippen LogP contribution is -2.39. The maximum Gasteiger partial charge on any atom is 0.407 e. The molecule has 0 heterocycles. The predicted molar refractivity (Wildman–Crippen MR) is 75.6 cm³/mol. The van der Waals surface area contributed by atoms with Crippen LogP contribution in [0.25, 0.3) is 0 Å². The molecule has 0 spiro atoms. The number of amides is 1. The Labute approximate surface area is 112 Å². The van der Waals surface area contributed by atoms with Crippen LogP contribution in [-0.4, -0.2) is 23.8 Å². The number of carbonyl (C=O) groups is 1. The third kappa shape index (κ3) is 9.28. The molecule has 0 saturated heterocycles. The van der Waals surface area contributed by atoms with E-state index in [1.54, 1.807) is 0 Å². The van der Waals surface area contributed by atoms with Gasteiger partial charge in [-0.2, -0.15) is 0 Å².